The van der Waals surface area contributed by atoms with E-state index in [0.717, 1.165) is 64.2 Å². The van der Waals surface area contributed by atoms with E-state index in [1.54, 1.807) is 0 Å². The normalized spacial score (nSPS) is 12.6. The van der Waals surface area contributed by atoms with E-state index < -0.39 is 32.5 Å². The van der Waals surface area contributed by atoms with Crippen LogP contribution < -0.4 is 0 Å². The van der Waals surface area contributed by atoms with Crippen molar-refractivity contribution in [1.29, 1.82) is 0 Å². The molecule has 0 aliphatic rings. The number of carbonyl (C=O) groups is 2. The molecule has 0 unspecified atom stereocenters. The van der Waals surface area contributed by atoms with E-state index in [0.29, 0.717) is 12.8 Å². The van der Waals surface area contributed by atoms with Crippen LogP contribution in [0.5, 0.6) is 0 Å². The van der Waals surface area contributed by atoms with Crippen molar-refractivity contribution in [3.05, 3.63) is 37.0 Å². The Balaban J connectivity index is 3.96. The van der Waals surface area contributed by atoms with E-state index in [-0.39, 0.29) is 19.4 Å². The molecule has 0 rings (SSSR count). The van der Waals surface area contributed by atoms with Crippen molar-refractivity contribution in [2.75, 3.05) is 13.2 Å². The molecular formula is C39H71O8P. The first-order valence-corrected chi connectivity index (χ1v) is 20.8. The summed E-state index contributed by atoms with van der Waals surface area (Å²) in [5.41, 5.74) is 0. The van der Waals surface area contributed by atoms with Gasteiger partial charge >= 0.3 is 19.8 Å². The number of unbranched alkanes of at least 4 members (excludes halogenated alkanes) is 21. The molecule has 0 aliphatic carbocycles. The third-order valence-corrected chi connectivity index (χ3v) is 8.76. The maximum absolute atomic E-state index is 12.4. The molecule has 0 bridgehead atoms. The molecule has 48 heavy (non-hydrogen) atoms. The molecule has 0 aromatic heterocycles. The quantitative estimate of drug-likeness (QED) is 0.0287. The monoisotopic (exact) mass is 698 g/mol. The summed E-state index contributed by atoms with van der Waals surface area (Å²) in [4.78, 5) is 42.7. The fourth-order valence-electron chi connectivity index (χ4n) is 5.38. The van der Waals surface area contributed by atoms with Gasteiger partial charge in [-0.15, -0.1) is 6.58 Å². The number of ether oxygens (including phenoxy) is 2. The largest absolute Gasteiger partial charge is 0.469 e. The van der Waals surface area contributed by atoms with Gasteiger partial charge in [0.25, 0.3) is 0 Å². The Morgan fingerprint density at radius 2 is 1.04 bits per heavy atom. The van der Waals surface area contributed by atoms with Gasteiger partial charge in [-0.25, -0.2) is 4.57 Å². The Hall–Kier alpha value is -1.73. The first kappa shape index (κ1) is 46.3. The minimum atomic E-state index is -4.75. The summed E-state index contributed by atoms with van der Waals surface area (Å²) in [6.45, 7) is 5.15. The van der Waals surface area contributed by atoms with Crippen LogP contribution in [-0.2, 0) is 28.2 Å². The van der Waals surface area contributed by atoms with Gasteiger partial charge in [-0.1, -0.05) is 140 Å². The number of hydrogen-bond acceptors (Lipinski definition) is 6. The Bertz CT molecular complexity index is 866. The molecule has 0 saturated heterocycles. The summed E-state index contributed by atoms with van der Waals surface area (Å²) in [6, 6.07) is 0. The van der Waals surface area contributed by atoms with Crippen molar-refractivity contribution in [3.63, 3.8) is 0 Å². The molecule has 9 heteroatoms. The van der Waals surface area contributed by atoms with Gasteiger partial charge in [-0.2, -0.15) is 0 Å². The van der Waals surface area contributed by atoms with E-state index in [1.807, 2.05) is 6.08 Å². The highest BCUT2D eigenvalue weighted by Crippen LogP contribution is 2.36. The highest BCUT2D eigenvalue weighted by molar-refractivity contribution is 7.46. The van der Waals surface area contributed by atoms with Crippen LogP contribution in [0.4, 0.5) is 0 Å². The molecular weight excluding hydrogens is 627 g/mol. The highest BCUT2D eigenvalue weighted by atomic mass is 31.2. The summed E-state index contributed by atoms with van der Waals surface area (Å²) in [7, 11) is -4.75. The second-order valence-corrected chi connectivity index (χ2v) is 14.2. The highest BCUT2D eigenvalue weighted by Gasteiger charge is 2.22. The third-order valence-electron chi connectivity index (χ3n) is 8.28. The van der Waals surface area contributed by atoms with Crippen LogP contribution >= 0.6 is 7.82 Å². The Morgan fingerprint density at radius 3 is 1.52 bits per heavy atom. The lowest BCUT2D eigenvalue weighted by Crippen LogP contribution is -2.29. The fraction of sp³-hybridized carbons (Fsp3) is 0.795. The number of rotatable bonds is 36. The SMILES string of the molecule is C=CCCCCCCCCCCCCCCCC(=O)O[C@H](COC(=O)CCCCCCC/C=C/C/C=C/CCCCC)COP(=O)(O)O. The van der Waals surface area contributed by atoms with Crippen LogP contribution in [0.25, 0.3) is 0 Å². The topological polar surface area (TPSA) is 119 Å². The second-order valence-electron chi connectivity index (χ2n) is 13.0. The number of allylic oxidation sites excluding steroid dienone is 5. The van der Waals surface area contributed by atoms with Crippen molar-refractivity contribution in [3.8, 4) is 0 Å². The zero-order valence-corrected chi connectivity index (χ0v) is 31.4. The minimum absolute atomic E-state index is 0.207. The van der Waals surface area contributed by atoms with Gasteiger partial charge in [0.1, 0.15) is 6.61 Å². The predicted octanol–water partition coefficient (Wildman–Crippen LogP) is 11.4. The Kier molecular flexibility index (Phi) is 33.8. The molecule has 0 aliphatic heterocycles. The molecule has 0 heterocycles. The number of hydrogen-bond donors (Lipinski definition) is 2. The van der Waals surface area contributed by atoms with Crippen LogP contribution in [0.2, 0.25) is 0 Å². The lowest BCUT2D eigenvalue weighted by Gasteiger charge is -2.18. The predicted molar refractivity (Wildman–Crippen MR) is 198 cm³/mol. The maximum Gasteiger partial charge on any atom is 0.469 e. The number of carbonyl (C=O) groups excluding carboxylic acids is 2. The molecule has 1 atom stereocenters. The summed E-state index contributed by atoms with van der Waals surface area (Å²) >= 11 is 0. The van der Waals surface area contributed by atoms with E-state index in [1.165, 1.54) is 83.5 Å². The first-order chi connectivity index (χ1) is 23.3. The molecule has 0 aromatic rings. The number of esters is 2. The molecule has 0 fully saturated rings. The van der Waals surface area contributed by atoms with Gasteiger partial charge in [0.05, 0.1) is 6.61 Å². The lowest BCUT2D eigenvalue weighted by molar-refractivity contribution is -0.161. The Morgan fingerprint density at radius 1 is 0.604 bits per heavy atom. The van der Waals surface area contributed by atoms with E-state index in [4.69, 9.17) is 19.3 Å². The minimum Gasteiger partial charge on any atom is -0.462 e. The van der Waals surface area contributed by atoms with Gasteiger partial charge in [0, 0.05) is 12.8 Å². The van der Waals surface area contributed by atoms with Gasteiger partial charge in [0.2, 0.25) is 0 Å². The smallest absolute Gasteiger partial charge is 0.462 e. The van der Waals surface area contributed by atoms with E-state index in [9.17, 15) is 14.2 Å². The zero-order chi connectivity index (χ0) is 35.4. The van der Waals surface area contributed by atoms with Crippen LogP contribution in [0, 0.1) is 0 Å². The van der Waals surface area contributed by atoms with E-state index >= 15 is 0 Å². The summed E-state index contributed by atoms with van der Waals surface area (Å²) in [5, 5.41) is 0. The fourth-order valence-corrected chi connectivity index (χ4v) is 5.74. The van der Waals surface area contributed by atoms with Gasteiger partial charge in [-0.05, 0) is 57.8 Å². The van der Waals surface area contributed by atoms with Crippen LogP contribution in [0.15, 0.2) is 37.0 Å². The van der Waals surface area contributed by atoms with Crippen molar-refractivity contribution in [1.82, 2.24) is 0 Å². The van der Waals surface area contributed by atoms with Crippen LogP contribution in [0.1, 0.15) is 180 Å². The van der Waals surface area contributed by atoms with Crippen molar-refractivity contribution >= 4 is 19.8 Å². The standard InChI is InChI=1S/C39H71O8P/c1-3-5-7-9-11-13-15-17-19-21-23-25-27-29-31-33-38(40)45-35-37(36-46-48(42,43)44)47-39(41)34-32-30-28-26-24-22-20-18-16-14-12-10-8-6-4-2/h4,11,13,17,19,37H,2-3,5-10,12,14-16,18,20-36H2,1H3,(H2,42,43,44)/b13-11+,19-17+/t37-/m1/s1. The number of phosphoric acid groups is 1. The second kappa shape index (κ2) is 35.1. The molecule has 0 saturated carbocycles. The molecule has 0 radical (unpaired) electrons. The van der Waals surface area contributed by atoms with Gasteiger partial charge < -0.3 is 19.3 Å². The molecule has 0 amide bonds. The molecule has 8 nitrogen and oxygen atoms in total. The lowest BCUT2D eigenvalue weighted by atomic mass is 10.0. The summed E-state index contributed by atoms with van der Waals surface area (Å²) in [6.07, 6.45) is 39.0. The van der Waals surface area contributed by atoms with Crippen LogP contribution in [-0.4, -0.2) is 41.0 Å². The first-order valence-electron chi connectivity index (χ1n) is 19.2. The molecule has 280 valence electrons. The van der Waals surface area contributed by atoms with Gasteiger partial charge in [-0.3, -0.25) is 14.1 Å². The molecule has 0 spiro atoms. The molecule has 0 aromatic carbocycles. The van der Waals surface area contributed by atoms with E-state index in [2.05, 4.69) is 42.3 Å². The Labute approximate surface area is 293 Å². The average molecular weight is 699 g/mol. The van der Waals surface area contributed by atoms with Crippen molar-refractivity contribution in [2.24, 2.45) is 0 Å². The van der Waals surface area contributed by atoms with Crippen molar-refractivity contribution in [2.45, 2.75) is 186 Å². The summed E-state index contributed by atoms with van der Waals surface area (Å²) in [5.74, 6) is -0.902. The maximum atomic E-state index is 12.4. The van der Waals surface area contributed by atoms with Crippen molar-refractivity contribution < 1.29 is 37.9 Å². The number of phosphoric ester groups is 1. The zero-order valence-electron chi connectivity index (χ0n) is 30.5. The third kappa shape index (κ3) is 37.1. The molecule has 2 N–H and O–H groups in total. The van der Waals surface area contributed by atoms with Crippen LogP contribution in [0.3, 0.4) is 0 Å². The average Bonchev–Trinajstić information content (AvgIpc) is 3.05. The summed E-state index contributed by atoms with van der Waals surface area (Å²) < 4.78 is 26.3. The van der Waals surface area contributed by atoms with Gasteiger partial charge in [0.15, 0.2) is 6.10 Å².